The van der Waals surface area contributed by atoms with E-state index in [2.05, 4.69) is 10.6 Å². The van der Waals surface area contributed by atoms with E-state index in [0.717, 1.165) is 5.69 Å². The molecule has 1 saturated heterocycles. The first kappa shape index (κ1) is 13.7. The van der Waals surface area contributed by atoms with Crippen molar-refractivity contribution < 1.29 is 9.59 Å². The number of carbonyl (C=O) groups excluding carboxylic acids is 2. The lowest BCUT2D eigenvalue weighted by Crippen LogP contribution is -2.43. The Morgan fingerprint density at radius 2 is 2.11 bits per heavy atom. The Balaban J connectivity index is 1.99. The van der Waals surface area contributed by atoms with Crippen LogP contribution in [0.15, 0.2) is 24.3 Å². The van der Waals surface area contributed by atoms with Crippen molar-refractivity contribution in [1.29, 1.82) is 0 Å². The van der Waals surface area contributed by atoms with Crippen molar-refractivity contribution in [3.05, 3.63) is 29.3 Å². The smallest absolute Gasteiger partial charge is 0.315 e. The Hall–Kier alpha value is -1.75. The summed E-state index contributed by atoms with van der Waals surface area (Å²) >= 11 is 5.82. The zero-order valence-corrected chi connectivity index (χ0v) is 11.4. The largest absolute Gasteiger partial charge is 0.338 e. The van der Waals surface area contributed by atoms with E-state index in [1.807, 2.05) is 6.92 Å². The number of rotatable bonds is 3. The first-order valence-electron chi connectivity index (χ1n) is 6.20. The van der Waals surface area contributed by atoms with Gasteiger partial charge in [0.05, 0.1) is 6.04 Å². The van der Waals surface area contributed by atoms with Crippen LogP contribution in [0.2, 0.25) is 5.02 Å². The minimum Gasteiger partial charge on any atom is -0.338 e. The number of nitrogens with zero attached hydrogens (tertiary/aromatic N) is 1. The molecular weight excluding hydrogens is 266 g/mol. The second-order valence-electron chi connectivity index (χ2n) is 4.39. The van der Waals surface area contributed by atoms with Gasteiger partial charge in [0.25, 0.3) is 0 Å². The monoisotopic (exact) mass is 281 g/mol. The fourth-order valence-electron chi connectivity index (χ4n) is 2.07. The summed E-state index contributed by atoms with van der Waals surface area (Å²) in [5.41, 5.74) is 0.801. The van der Waals surface area contributed by atoms with Crippen LogP contribution in [0.5, 0.6) is 0 Å². The molecule has 0 spiro atoms. The van der Waals surface area contributed by atoms with Gasteiger partial charge in [0, 0.05) is 30.2 Å². The first-order valence-corrected chi connectivity index (χ1v) is 6.58. The number of anilines is 1. The highest BCUT2D eigenvalue weighted by Gasteiger charge is 2.31. The predicted octanol–water partition coefficient (Wildman–Crippen LogP) is 1.76. The normalized spacial score (nSPS) is 18.5. The molecule has 1 unspecified atom stereocenters. The number of halogens is 1. The van der Waals surface area contributed by atoms with Gasteiger partial charge in [-0.2, -0.15) is 0 Å². The lowest BCUT2D eigenvalue weighted by Gasteiger charge is -2.17. The van der Waals surface area contributed by atoms with Crippen molar-refractivity contribution >= 4 is 29.2 Å². The van der Waals surface area contributed by atoms with Gasteiger partial charge in [0.2, 0.25) is 5.91 Å². The Labute approximate surface area is 116 Å². The summed E-state index contributed by atoms with van der Waals surface area (Å²) < 4.78 is 0. The van der Waals surface area contributed by atoms with E-state index in [9.17, 15) is 9.59 Å². The van der Waals surface area contributed by atoms with Gasteiger partial charge in [-0.05, 0) is 31.2 Å². The van der Waals surface area contributed by atoms with Gasteiger partial charge in [-0.25, -0.2) is 4.79 Å². The Morgan fingerprint density at radius 1 is 1.42 bits per heavy atom. The molecule has 0 aliphatic carbocycles. The van der Waals surface area contributed by atoms with Gasteiger partial charge in [0.15, 0.2) is 0 Å². The Morgan fingerprint density at radius 3 is 2.74 bits per heavy atom. The highest BCUT2D eigenvalue weighted by atomic mass is 35.5. The second-order valence-corrected chi connectivity index (χ2v) is 4.82. The molecule has 5 nitrogen and oxygen atoms in total. The third-order valence-corrected chi connectivity index (χ3v) is 3.19. The number of nitrogens with one attached hydrogen (secondary N) is 2. The number of benzene rings is 1. The maximum Gasteiger partial charge on any atom is 0.315 e. The van der Waals surface area contributed by atoms with E-state index >= 15 is 0 Å². The van der Waals surface area contributed by atoms with Crippen molar-refractivity contribution in [3.8, 4) is 0 Å². The Bertz CT molecular complexity index is 475. The minimum absolute atomic E-state index is 0.00382. The van der Waals surface area contributed by atoms with Crippen molar-refractivity contribution in [1.82, 2.24) is 10.6 Å². The predicted molar refractivity (Wildman–Crippen MR) is 74.4 cm³/mol. The molecule has 19 heavy (non-hydrogen) atoms. The molecule has 2 N–H and O–H groups in total. The molecule has 1 aliphatic rings. The van der Waals surface area contributed by atoms with Gasteiger partial charge in [-0.15, -0.1) is 0 Å². The molecule has 1 atom stereocenters. The number of urea groups is 1. The number of hydrogen-bond acceptors (Lipinski definition) is 2. The van der Waals surface area contributed by atoms with Crippen LogP contribution >= 0.6 is 11.6 Å². The van der Waals surface area contributed by atoms with Crippen molar-refractivity contribution in [2.75, 3.05) is 18.0 Å². The topological polar surface area (TPSA) is 61.4 Å². The van der Waals surface area contributed by atoms with E-state index < -0.39 is 0 Å². The molecule has 102 valence electrons. The summed E-state index contributed by atoms with van der Waals surface area (Å²) in [6.45, 7) is 2.89. The molecule has 1 heterocycles. The molecule has 0 aromatic heterocycles. The van der Waals surface area contributed by atoms with Gasteiger partial charge >= 0.3 is 6.03 Å². The Kier molecular flexibility index (Phi) is 4.27. The van der Waals surface area contributed by atoms with Gasteiger partial charge in [-0.1, -0.05) is 11.6 Å². The standard InChI is InChI=1S/C13H16ClN3O2/c1-2-15-13(19)16-10-7-12(18)17(8-10)11-5-3-9(14)4-6-11/h3-6,10H,2,7-8H2,1H3,(H2,15,16,19). The number of hydrogen-bond donors (Lipinski definition) is 2. The van der Waals surface area contributed by atoms with E-state index in [1.165, 1.54) is 0 Å². The lowest BCUT2D eigenvalue weighted by molar-refractivity contribution is -0.117. The summed E-state index contributed by atoms with van der Waals surface area (Å²) in [4.78, 5) is 25.0. The van der Waals surface area contributed by atoms with Crippen LogP contribution in [-0.2, 0) is 4.79 Å². The van der Waals surface area contributed by atoms with E-state index in [-0.39, 0.29) is 18.0 Å². The minimum atomic E-state index is -0.238. The SMILES string of the molecule is CCNC(=O)NC1CC(=O)N(c2ccc(Cl)cc2)C1. The van der Waals surface area contributed by atoms with E-state index in [1.54, 1.807) is 29.2 Å². The van der Waals surface area contributed by atoms with Gasteiger partial charge in [0.1, 0.15) is 0 Å². The second kappa shape index (κ2) is 5.93. The van der Waals surface area contributed by atoms with E-state index in [0.29, 0.717) is 24.5 Å². The molecule has 3 amide bonds. The molecular formula is C13H16ClN3O2. The van der Waals surface area contributed by atoms with Crippen LogP contribution in [0, 0.1) is 0 Å². The zero-order chi connectivity index (χ0) is 13.8. The molecule has 0 radical (unpaired) electrons. The molecule has 0 saturated carbocycles. The molecule has 1 aliphatic heterocycles. The average Bonchev–Trinajstić information content (AvgIpc) is 2.71. The maximum absolute atomic E-state index is 11.9. The molecule has 2 rings (SSSR count). The highest BCUT2D eigenvalue weighted by molar-refractivity contribution is 6.30. The van der Waals surface area contributed by atoms with Crippen molar-refractivity contribution in [3.63, 3.8) is 0 Å². The van der Waals surface area contributed by atoms with Crippen LogP contribution in [0.4, 0.5) is 10.5 Å². The molecule has 1 aromatic carbocycles. The van der Waals surface area contributed by atoms with Crippen molar-refractivity contribution in [2.45, 2.75) is 19.4 Å². The van der Waals surface area contributed by atoms with Gasteiger partial charge in [-0.3, -0.25) is 4.79 Å². The summed E-state index contributed by atoms with van der Waals surface area (Å²) in [7, 11) is 0. The van der Waals surface area contributed by atoms with E-state index in [4.69, 9.17) is 11.6 Å². The third-order valence-electron chi connectivity index (χ3n) is 2.94. The summed E-state index contributed by atoms with van der Waals surface area (Å²) in [5.74, 6) is 0.00382. The van der Waals surface area contributed by atoms with Crippen LogP contribution in [0.3, 0.4) is 0 Å². The summed E-state index contributed by atoms with van der Waals surface area (Å²) in [5, 5.41) is 6.07. The number of amides is 3. The lowest BCUT2D eigenvalue weighted by atomic mass is 10.2. The third kappa shape index (κ3) is 3.38. The average molecular weight is 282 g/mol. The summed E-state index contributed by atoms with van der Waals surface area (Å²) in [6, 6.07) is 6.69. The molecule has 0 bridgehead atoms. The number of carbonyl (C=O) groups is 2. The quantitative estimate of drug-likeness (QED) is 0.887. The van der Waals surface area contributed by atoms with Crippen LogP contribution in [-0.4, -0.2) is 31.1 Å². The summed E-state index contributed by atoms with van der Waals surface area (Å²) in [6.07, 6.45) is 0.319. The highest BCUT2D eigenvalue weighted by Crippen LogP contribution is 2.23. The van der Waals surface area contributed by atoms with Gasteiger partial charge < -0.3 is 15.5 Å². The maximum atomic E-state index is 11.9. The molecule has 1 aromatic rings. The molecule has 6 heteroatoms. The van der Waals surface area contributed by atoms with Crippen LogP contribution in [0.25, 0.3) is 0 Å². The van der Waals surface area contributed by atoms with Crippen LogP contribution < -0.4 is 15.5 Å². The fourth-order valence-corrected chi connectivity index (χ4v) is 2.20. The zero-order valence-electron chi connectivity index (χ0n) is 10.6. The van der Waals surface area contributed by atoms with Crippen molar-refractivity contribution in [2.24, 2.45) is 0 Å². The van der Waals surface area contributed by atoms with Crippen LogP contribution in [0.1, 0.15) is 13.3 Å². The fraction of sp³-hybridized carbons (Fsp3) is 0.385. The first-order chi connectivity index (χ1) is 9.10. The molecule has 1 fully saturated rings.